The number of pyridine rings is 1. The van der Waals surface area contributed by atoms with Crippen molar-refractivity contribution in [2.45, 2.75) is 31.7 Å². The predicted molar refractivity (Wildman–Crippen MR) is 98.4 cm³/mol. The van der Waals surface area contributed by atoms with Crippen molar-refractivity contribution in [3.8, 4) is 0 Å². The lowest BCUT2D eigenvalue weighted by Crippen LogP contribution is -2.19. The lowest BCUT2D eigenvalue weighted by Gasteiger charge is -2.19. The minimum absolute atomic E-state index is 0.175. The van der Waals surface area contributed by atoms with Gasteiger partial charge in [-0.25, -0.2) is 9.97 Å². The zero-order valence-corrected chi connectivity index (χ0v) is 15.0. The average molecular weight is 342 g/mol. The number of para-hydroxylation sites is 2. The van der Waals surface area contributed by atoms with E-state index >= 15 is 0 Å². The third kappa shape index (κ3) is 4.20. The summed E-state index contributed by atoms with van der Waals surface area (Å²) < 4.78 is 12.6. The highest BCUT2D eigenvalue weighted by atomic mass is 32.2. The van der Waals surface area contributed by atoms with Crippen molar-refractivity contribution in [2.24, 2.45) is 5.41 Å². The molecular formula is C18H22N4OS. The van der Waals surface area contributed by atoms with Crippen LogP contribution >= 0.6 is 0 Å². The molecular weight excluding hydrogens is 320 g/mol. The standard InChI is InChI=1S/C18H22N4OS/c1-18(2,3)12-19-16-10-6-7-13(20-16)11-24(23)17-21-14-8-4-5-9-15(14)22-17/h4-10H,11-12H2,1-3H3,(H,19,20)(H,21,22). The van der Waals surface area contributed by atoms with Crippen molar-refractivity contribution < 1.29 is 4.21 Å². The van der Waals surface area contributed by atoms with Gasteiger partial charge in [-0.15, -0.1) is 0 Å². The van der Waals surface area contributed by atoms with Crippen LogP contribution in [-0.2, 0) is 16.6 Å². The van der Waals surface area contributed by atoms with Gasteiger partial charge in [-0.1, -0.05) is 39.0 Å². The monoisotopic (exact) mass is 342 g/mol. The Kier molecular flexibility index (Phi) is 4.66. The number of fused-ring (bicyclic) bond motifs is 1. The summed E-state index contributed by atoms with van der Waals surface area (Å²) in [7, 11) is -1.25. The van der Waals surface area contributed by atoms with E-state index in [-0.39, 0.29) is 5.41 Å². The Morgan fingerprint density at radius 1 is 1.08 bits per heavy atom. The number of aromatic nitrogens is 3. The van der Waals surface area contributed by atoms with E-state index in [9.17, 15) is 4.21 Å². The van der Waals surface area contributed by atoms with Crippen molar-refractivity contribution in [1.82, 2.24) is 15.0 Å². The molecule has 3 aromatic rings. The molecule has 5 nitrogen and oxygen atoms in total. The second kappa shape index (κ2) is 6.73. The van der Waals surface area contributed by atoms with Gasteiger partial charge in [0, 0.05) is 6.54 Å². The van der Waals surface area contributed by atoms with E-state index in [0.29, 0.717) is 10.9 Å². The molecule has 0 aliphatic heterocycles. The summed E-state index contributed by atoms with van der Waals surface area (Å²) in [5, 5.41) is 3.82. The first-order valence-corrected chi connectivity index (χ1v) is 9.25. The van der Waals surface area contributed by atoms with Gasteiger partial charge in [0.1, 0.15) is 5.82 Å². The van der Waals surface area contributed by atoms with Crippen LogP contribution in [0.4, 0.5) is 5.82 Å². The highest BCUT2D eigenvalue weighted by Crippen LogP contribution is 2.17. The number of anilines is 1. The van der Waals surface area contributed by atoms with Crippen molar-refractivity contribution in [3.05, 3.63) is 48.2 Å². The summed E-state index contributed by atoms with van der Waals surface area (Å²) in [4.78, 5) is 12.1. The largest absolute Gasteiger partial charge is 0.370 e. The molecule has 0 aliphatic carbocycles. The van der Waals surface area contributed by atoms with Crippen LogP contribution in [0.1, 0.15) is 26.5 Å². The number of H-pyrrole nitrogens is 1. The van der Waals surface area contributed by atoms with Crippen LogP contribution in [0.15, 0.2) is 47.6 Å². The molecule has 0 radical (unpaired) electrons. The van der Waals surface area contributed by atoms with Crippen molar-refractivity contribution in [3.63, 3.8) is 0 Å². The van der Waals surface area contributed by atoms with Gasteiger partial charge in [0.25, 0.3) is 0 Å². The van der Waals surface area contributed by atoms with Crippen molar-refractivity contribution >= 4 is 27.7 Å². The molecule has 2 N–H and O–H groups in total. The van der Waals surface area contributed by atoms with Crippen LogP contribution in [0.25, 0.3) is 11.0 Å². The third-order valence-electron chi connectivity index (χ3n) is 3.47. The first kappa shape index (κ1) is 16.6. The zero-order valence-electron chi connectivity index (χ0n) is 14.2. The molecule has 126 valence electrons. The van der Waals surface area contributed by atoms with E-state index in [1.165, 1.54) is 0 Å². The summed E-state index contributed by atoms with van der Waals surface area (Å²) in [6.07, 6.45) is 0. The minimum atomic E-state index is -1.25. The fraction of sp³-hybridized carbons (Fsp3) is 0.333. The van der Waals surface area contributed by atoms with Crippen LogP contribution in [-0.4, -0.2) is 25.7 Å². The van der Waals surface area contributed by atoms with Crippen LogP contribution in [0.3, 0.4) is 0 Å². The molecule has 2 heterocycles. The second-order valence-electron chi connectivity index (χ2n) is 6.98. The molecule has 0 amide bonds. The van der Waals surface area contributed by atoms with Crippen LogP contribution < -0.4 is 5.32 Å². The van der Waals surface area contributed by atoms with Crippen molar-refractivity contribution in [1.29, 1.82) is 0 Å². The van der Waals surface area contributed by atoms with E-state index in [1.54, 1.807) is 0 Å². The maximum Gasteiger partial charge on any atom is 0.197 e. The van der Waals surface area contributed by atoms with Gasteiger partial charge < -0.3 is 10.3 Å². The number of nitrogens with zero attached hydrogens (tertiary/aromatic N) is 2. The van der Waals surface area contributed by atoms with E-state index in [1.807, 2.05) is 42.5 Å². The molecule has 0 spiro atoms. The van der Waals surface area contributed by atoms with Crippen LogP contribution in [0, 0.1) is 5.41 Å². The molecule has 24 heavy (non-hydrogen) atoms. The molecule has 1 atom stereocenters. The quantitative estimate of drug-likeness (QED) is 0.741. The molecule has 0 saturated heterocycles. The Balaban J connectivity index is 1.72. The smallest absolute Gasteiger partial charge is 0.197 e. The molecule has 0 aliphatic rings. The first-order valence-electron chi connectivity index (χ1n) is 7.94. The lowest BCUT2D eigenvalue weighted by atomic mass is 9.97. The topological polar surface area (TPSA) is 70.7 Å². The number of nitrogens with one attached hydrogen (secondary N) is 2. The third-order valence-corrected chi connectivity index (χ3v) is 4.65. The van der Waals surface area contributed by atoms with Gasteiger partial charge in [0.05, 0.1) is 33.3 Å². The molecule has 1 aromatic carbocycles. The van der Waals surface area contributed by atoms with Gasteiger partial charge in [-0.3, -0.25) is 4.21 Å². The maximum atomic E-state index is 12.6. The molecule has 1 unspecified atom stereocenters. The summed E-state index contributed by atoms with van der Waals surface area (Å²) in [6.45, 7) is 7.33. The highest BCUT2D eigenvalue weighted by Gasteiger charge is 2.13. The molecule has 6 heteroatoms. The lowest BCUT2D eigenvalue weighted by molar-refractivity contribution is 0.442. The molecule has 3 rings (SSSR count). The normalized spacial score (nSPS) is 13.1. The minimum Gasteiger partial charge on any atom is -0.370 e. The Labute approximate surface area is 144 Å². The molecule has 0 bridgehead atoms. The second-order valence-corrected chi connectivity index (χ2v) is 8.34. The van der Waals surface area contributed by atoms with Gasteiger partial charge in [-0.05, 0) is 29.7 Å². The van der Waals surface area contributed by atoms with Gasteiger partial charge in [0.15, 0.2) is 5.16 Å². The van der Waals surface area contributed by atoms with Gasteiger partial charge >= 0.3 is 0 Å². The fourth-order valence-electron chi connectivity index (χ4n) is 2.25. The number of hydrogen-bond acceptors (Lipinski definition) is 4. The summed E-state index contributed by atoms with van der Waals surface area (Å²) in [6, 6.07) is 13.4. The van der Waals surface area contributed by atoms with Gasteiger partial charge in [-0.2, -0.15) is 0 Å². The Bertz CT molecular complexity index is 834. The van der Waals surface area contributed by atoms with Crippen LogP contribution in [0.2, 0.25) is 0 Å². The van der Waals surface area contributed by atoms with Gasteiger partial charge in [0.2, 0.25) is 0 Å². The zero-order chi connectivity index (χ0) is 17.2. The summed E-state index contributed by atoms with van der Waals surface area (Å²) >= 11 is 0. The average Bonchev–Trinajstić information content (AvgIpc) is 2.97. The van der Waals surface area contributed by atoms with E-state index < -0.39 is 10.8 Å². The molecule has 2 aromatic heterocycles. The van der Waals surface area contributed by atoms with E-state index in [0.717, 1.165) is 29.1 Å². The molecule has 0 saturated carbocycles. The number of rotatable bonds is 5. The Morgan fingerprint density at radius 3 is 2.62 bits per heavy atom. The first-order chi connectivity index (χ1) is 11.4. The SMILES string of the molecule is CC(C)(C)CNc1cccc(CS(=O)c2nc3ccccc3[nH]2)n1. The number of hydrogen-bond donors (Lipinski definition) is 2. The number of aromatic amines is 1. The summed E-state index contributed by atoms with van der Waals surface area (Å²) in [5.74, 6) is 1.15. The summed E-state index contributed by atoms with van der Waals surface area (Å²) in [5.41, 5.74) is 2.69. The predicted octanol–water partition coefficient (Wildman–Crippen LogP) is 3.72. The number of benzene rings is 1. The molecule has 0 fully saturated rings. The number of imidazole rings is 1. The Hall–Kier alpha value is -2.21. The van der Waals surface area contributed by atoms with E-state index in [2.05, 4.69) is 41.0 Å². The van der Waals surface area contributed by atoms with Crippen molar-refractivity contribution in [2.75, 3.05) is 11.9 Å². The Morgan fingerprint density at radius 2 is 1.88 bits per heavy atom. The highest BCUT2D eigenvalue weighted by molar-refractivity contribution is 7.84. The fourth-order valence-corrected chi connectivity index (χ4v) is 3.24. The van der Waals surface area contributed by atoms with Crippen LogP contribution in [0.5, 0.6) is 0 Å². The maximum absolute atomic E-state index is 12.6. The van der Waals surface area contributed by atoms with E-state index in [4.69, 9.17) is 0 Å².